The third-order valence-electron chi connectivity index (χ3n) is 2.06. The summed E-state index contributed by atoms with van der Waals surface area (Å²) in [5.41, 5.74) is 0.473. The molecule has 1 rings (SSSR count). The van der Waals surface area contributed by atoms with Crippen LogP contribution in [0.5, 0.6) is 0 Å². The maximum absolute atomic E-state index is 13.2. The van der Waals surface area contributed by atoms with Gasteiger partial charge >= 0.3 is 0 Å². The molecule has 1 aromatic rings. The second-order valence-electron chi connectivity index (χ2n) is 3.50. The second kappa shape index (κ2) is 7.68. The third kappa shape index (κ3) is 6.90. The van der Waals surface area contributed by atoms with Gasteiger partial charge in [-0.05, 0) is 6.07 Å². The number of halogens is 2. The standard InChI is InChI=1S/C11H14ClFO4S/c12-18(14,15)8-7-16-5-6-17-9-10-3-1-2-4-11(10)13/h1-4H,5-9H2. The predicted molar refractivity (Wildman–Crippen MR) is 66.5 cm³/mol. The SMILES string of the molecule is O=S(=O)(Cl)CCOCCOCc1ccccc1F. The molecular weight excluding hydrogens is 283 g/mol. The van der Waals surface area contributed by atoms with Crippen LogP contribution < -0.4 is 0 Å². The summed E-state index contributed by atoms with van der Waals surface area (Å²) in [5, 5.41) is 0. The fraction of sp³-hybridized carbons (Fsp3) is 0.455. The molecule has 0 radical (unpaired) electrons. The zero-order valence-electron chi connectivity index (χ0n) is 9.64. The van der Waals surface area contributed by atoms with Crippen molar-refractivity contribution < 1.29 is 22.3 Å². The highest BCUT2D eigenvalue weighted by Crippen LogP contribution is 2.07. The molecule has 0 unspecified atom stereocenters. The lowest BCUT2D eigenvalue weighted by Gasteiger charge is -2.06. The summed E-state index contributed by atoms with van der Waals surface area (Å²) < 4.78 is 44.4. The molecule has 7 heteroatoms. The van der Waals surface area contributed by atoms with Crippen molar-refractivity contribution in [2.24, 2.45) is 0 Å². The molecule has 0 bridgehead atoms. The molecule has 0 aliphatic carbocycles. The van der Waals surface area contributed by atoms with Gasteiger partial charge in [-0.2, -0.15) is 0 Å². The Hall–Kier alpha value is -0.690. The van der Waals surface area contributed by atoms with Crippen LogP contribution in [0.3, 0.4) is 0 Å². The first-order chi connectivity index (χ1) is 8.49. The molecule has 4 nitrogen and oxygen atoms in total. The molecule has 102 valence electrons. The van der Waals surface area contributed by atoms with Gasteiger partial charge in [-0.3, -0.25) is 0 Å². The van der Waals surface area contributed by atoms with Crippen molar-refractivity contribution in [2.75, 3.05) is 25.6 Å². The van der Waals surface area contributed by atoms with E-state index in [-0.39, 0.29) is 38.0 Å². The number of benzene rings is 1. The molecule has 0 fully saturated rings. The lowest BCUT2D eigenvalue weighted by atomic mass is 10.2. The Labute approximate surface area is 110 Å². The van der Waals surface area contributed by atoms with Gasteiger partial charge in [0.05, 0.1) is 32.2 Å². The maximum atomic E-state index is 13.2. The zero-order valence-corrected chi connectivity index (χ0v) is 11.2. The van der Waals surface area contributed by atoms with Crippen molar-refractivity contribution in [2.45, 2.75) is 6.61 Å². The van der Waals surface area contributed by atoms with Gasteiger partial charge in [0.15, 0.2) is 0 Å². The predicted octanol–water partition coefficient (Wildman–Crippen LogP) is 1.93. The number of rotatable bonds is 8. The van der Waals surface area contributed by atoms with Crippen molar-refractivity contribution in [3.8, 4) is 0 Å². The molecule has 0 aliphatic heterocycles. The first kappa shape index (κ1) is 15.4. The Kier molecular flexibility index (Phi) is 6.56. The molecule has 0 aliphatic rings. The quantitative estimate of drug-likeness (QED) is 0.543. The van der Waals surface area contributed by atoms with E-state index < -0.39 is 9.05 Å². The maximum Gasteiger partial charge on any atom is 0.234 e. The van der Waals surface area contributed by atoms with Gasteiger partial charge in [0, 0.05) is 16.2 Å². The Morgan fingerprint density at radius 1 is 1.11 bits per heavy atom. The first-order valence-electron chi connectivity index (χ1n) is 5.30. The van der Waals surface area contributed by atoms with Gasteiger partial charge in [-0.1, -0.05) is 18.2 Å². The highest BCUT2D eigenvalue weighted by molar-refractivity contribution is 8.13. The summed E-state index contributed by atoms with van der Waals surface area (Å²) in [6.07, 6.45) is 0. The average Bonchev–Trinajstić information content (AvgIpc) is 2.28. The lowest BCUT2D eigenvalue weighted by molar-refractivity contribution is 0.0449. The Morgan fingerprint density at radius 3 is 2.44 bits per heavy atom. The minimum absolute atomic E-state index is 0.0227. The van der Waals surface area contributed by atoms with E-state index in [1.807, 2.05) is 0 Å². The fourth-order valence-electron chi connectivity index (χ4n) is 1.18. The van der Waals surface area contributed by atoms with Gasteiger partial charge in [-0.15, -0.1) is 0 Å². The summed E-state index contributed by atoms with van der Waals surface area (Å²) in [6, 6.07) is 6.33. The highest BCUT2D eigenvalue weighted by Gasteiger charge is 2.04. The van der Waals surface area contributed by atoms with Crippen LogP contribution in [0.4, 0.5) is 4.39 Å². The highest BCUT2D eigenvalue weighted by atomic mass is 35.7. The lowest BCUT2D eigenvalue weighted by Crippen LogP contribution is -2.10. The van der Waals surface area contributed by atoms with E-state index in [0.29, 0.717) is 5.56 Å². The van der Waals surface area contributed by atoms with Gasteiger partial charge in [0.1, 0.15) is 5.82 Å². The van der Waals surface area contributed by atoms with Crippen molar-refractivity contribution in [1.29, 1.82) is 0 Å². The van der Waals surface area contributed by atoms with Crippen LogP contribution in [0, 0.1) is 5.82 Å². The first-order valence-corrected chi connectivity index (χ1v) is 7.78. The Morgan fingerprint density at radius 2 is 1.78 bits per heavy atom. The van der Waals surface area contributed by atoms with E-state index in [1.54, 1.807) is 18.2 Å². The Balaban J connectivity index is 2.08. The largest absolute Gasteiger partial charge is 0.378 e. The molecule has 0 saturated heterocycles. The number of ether oxygens (including phenoxy) is 2. The second-order valence-corrected chi connectivity index (χ2v) is 6.40. The van der Waals surface area contributed by atoms with E-state index in [9.17, 15) is 12.8 Å². The van der Waals surface area contributed by atoms with Crippen LogP contribution in [0.25, 0.3) is 0 Å². The van der Waals surface area contributed by atoms with Gasteiger partial charge in [0.25, 0.3) is 0 Å². The molecular formula is C11H14ClFO4S. The third-order valence-corrected chi connectivity index (χ3v) is 3.18. The minimum atomic E-state index is -3.51. The van der Waals surface area contributed by atoms with Gasteiger partial charge < -0.3 is 9.47 Å². The summed E-state index contributed by atoms with van der Waals surface area (Å²) >= 11 is 0. The van der Waals surface area contributed by atoms with E-state index in [2.05, 4.69) is 0 Å². The van der Waals surface area contributed by atoms with E-state index in [4.69, 9.17) is 20.2 Å². The monoisotopic (exact) mass is 296 g/mol. The van der Waals surface area contributed by atoms with Crippen molar-refractivity contribution >= 4 is 19.7 Å². The van der Waals surface area contributed by atoms with E-state index in [1.165, 1.54) is 6.07 Å². The molecule has 0 aromatic heterocycles. The molecule has 18 heavy (non-hydrogen) atoms. The zero-order chi connectivity index (χ0) is 13.4. The van der Waals surface area contributed by atoms with E-state index >= 15 is 0 Å². The van der Waals surface area contributed by atoms with Crippen LogP contribution in [0.1, 0.15) is 5.56 Å². The summed E-state index contributed by atoms with van der Waals surface area (Å²) in [7, 11) is 1.48. The van der Waals surface area contributed by atoms with Gasteiger partial charge in [0.2, 0.25) is 9.05 Å². The van der Waals surface area contributed by atoms with Gasteiger partial charge in [-0.25, -0.2) is 12.8 Å². The van der Waals surface area contributed by atoms with Crippen molar-refractivity contribution in [3.63, 3.8) is 0 Å². The summed E-state index contributed by atoms with van der Waals surface area (Å²) in [6.45, 7) is 0.677. The topological polar surface area (TPSA) is 52.6 Å². The average molecular weight is 297 g/mol. The smallest absolute Gasteiger partial charge is 0.234 e. The van der Waals surface area contributed by atoms with Crippen molar-refractivity contribution in [3.05, 3.63) is 35.6 Å². The van der Waals surface area contributed by atoms with Crippen LogP contribution in [0.15, 0.2) is 24.3 Å². The van der Waals surface area contributed by atoms with Crippen molar-refractivity contribution in [1.82, 2.24) is 0 Å². The molecule has 0 heterocycles. The van der Waals surface area contributed by atoms with Crippen LogP contribution >= 0.6 is 10.7 Å². The fourth-order valence-corrected chi connectivity index (χ4v) is 1.68. The van der Waals surface area contributed by atoms with E-state index in [0.717, 1.165) is 0 Å². The molecule has 0 amide bonds. The summed E-state index contributed by atoms with van der Waals surface area (Å²) in [4.78, 5) is 0. The summed E-state index contributed by atoms with van der Waals surface area (Å²) in [5.74, 6) is -0.548. The number of hydrogen-bond acceptors (Lipinski definition) is 4. The Bertz CT molecular complexity index is 464. The van der Waals surface area contributed by atoms with Crippen LogP contribution in [0.2, 0.25) is 0 Å². The van der Waals surface area contributed by atoms with Crippen LogP contribution in [-0.2, 0) is 25.1 Å². The molecule has 0 atom stereocenters. The normalized spacial score (nSPS) is 11.7. The van der Waals surface area contributed by atoms with Crippen LogP contribution in [-0.4, -0.2) is 34.0 Å². The molecule has 1 aromatic carbocycles. The number of hydrogen-bond donors (Lipinski definition) is 0. The molecule has 0 saturated carbocycles. The molecule has 0 N–H and O–H groups in total. The molecule has 0 spiro atoms. The minimum Gasteiger partial charge on any atom is -0.378 e.